The molecule has 0 aliphatic rings. The maximum atomic E-state index is 12.2. The highest BCUT2D eigenvalue weighted by Gasteiger charge is 2.17. The number of sulfonamides is 1. The van der Waals surface area contributed by atoms with E-state index >= 15 is 0 Å². The number of hydrogen-bond donors (Lipinski definition) is 4. The van der Waals surface area contributed by atoms with Crippen molar-refractivity contribution < 1.29 is 28.4 Å². The highest BCUT2D eigenvalue weighted by Crippen LogP contribution is 2.16. The Labute approximate surface area is 127 Å². The highest BCUT2D eigenvalue weighted by atomic mass is 32.2. The number of benzene rings is 2. The Morgan fingerprint density at radius 3 is 2.23 bits per heavy atom. The summed E-state index contributed by atoms with van der Waals surface area (Å²) < 4.78 is 26.6. The molecule has 0 saturated heterocycles. The lowest BCUT2D eigenvalue weighted by Crippen LogP contribution is -2.30. The van der Waals surface area contributed by atoms with E-state index in [4.69, 9.17) is 15.2 Å². The van der Waals surface area contributed by atoms with Crippen LogP contribution < -0.4 is 10.2 Å². The molecule has 2 rings (SSSR count). The fourth-order valence-corrected chi connectivity index (χ4v) is 2.80. The Balaban J connectivity index is 2.27. The van der Waals surface area contributed by atoms with Gasteiger partial charge in [-0.1, -0.05) is 12.1 Å². The molecule has 0 atom stereocenters. The molecule has 2 aromatic rings. The van der Waals surface area contributed by atoms with Gasteiger partial charge in [-0.25, -0.2) is 13.2 Å². The van der Waals surface area contributed by atoms with Crippen LogP contribution in [0.1, 0.15) is 10.4 Å². The third-order valence-electron chi connectivity index (χ3n) is 2.85. The first-order chi connectivity index (χ1) is 10.3. The molecule has 0 aromatic heterocycles. The molecule has 114 valence electrons. The van der Waals surface area contributed by atoms with Gasteiger partial charge in [0.1, 0.15) is 0 Å². The van der Waals surface area contributed by atoms with Crippen molar-refractivity contribution in [2.24, 2.45) is 0 Å². The molecule has 0 spiro atoms. The van der Waals surface area contributed by atoms with E-state index in [1.54, 1.807) is 0 Å². The van der Waals surface area contributed by atoms with E-state index in [9.17, 15) is 13.2 Å². The van der Waals surface area contributed by atoms with Crippen LogP contribution in [-0.2, 0) is 10.0 Å². The number of carbonyl (C=O) groups is 1. The summed E-state index contributed by atoms with van der Waals surface area (Å²) in [6.07, 6.45) is 0. The predicted octanol–water partition coefficient (Wildman–Crippen LogP) is -0.135. The maximum Gasteiger partial charge on any atom is 0.488 e. The lowest BCUT2D eigenvalue weighted by atomic mass is 9.80. The van der Waals surface area contributed by atoms with Gasteiger partial charge in [-0.2, -0.15) is 0 Å². The summed E-state index contributed by atoms with van der Waals surface area (Å²) in [5.74, 6) is -1.15. The Morgan fingerprint density at radius 2 is 1.68 bits per heavy atom. The largest absolute Gasteiger partial charge is 0.488 e. The van der Waals surface area contributed by atoms with Crippen LogP contribution in [0.4, 0.5) is 5.69 Å². The average molecular weight is 321 g/mol. The lowest BCUT2D eigenvalue weighted by molar-refractivity contribution is 0.0696. The Kier molecular flexibility index (Phi) is 4.50. The number of hydrogen-bond acceptors (Lipinski definition) is 5. The number of carboxylic acid groups (broad SMARTS) is 1. The van der Waals surface area contributed by atoms with Crippen LogP contribution in [0.5, 0.6) is 0 Å². The Morgan fingerprint density at radius 1 is 1.05 bits per heavy atom. The molecule has 4 N–H and O–H groups in total. The first kappa shape index (κ1) is 16.0. The lowest BCUT2D eigenvalue weighted by Gasteiger charge is -2.09. The molecule has 0 unspecified atom stereocenters. The van der Waals surface area contributed by atoms with Crippen LogP contribution >= 0.6 is 0 Å². The van der Waals surface area contributed by atoms with Crippen molar-refractivity contribution in [3.8, 4) is 0 Å². The number of aromatic carboxylic acids is 1. The van der Waals surface area contributed by atoms with Crippen molar-refractivity contribution in [1.29, 1.82) is 0 Å². The summed E-state index contributed by atoms with van der Waals surface area (Å²) in [6, 6.07) is 10.4. The molecule has 0 bridgehead atoms. The molecule has 22 heavy (non-hydrogen) atoms. The molecule has 9 heteroatoms. The van der Waals surface area contributed by atoms with Gasteiger partial charge in [-0.15, -0.1) is 0 Å². The third-order valence-corrected chi connectivity index (χ3v) is 4.25. The molecular formula is C13H12BNO6S. The monoisotopic (exact) mass is 321 g/mol. The van der Waals surface area contributed by atoms with Crippen LogP contribution in [0, 0.1) is 0 Å². The van der Waals surface area contributed by atoms with E-state index in [0.29, 0.717) is 0 Å². The number of rotatable bonds is 5. The normalized spacial score (nSPS) is 11.0. The van der Waals surface area contributed by atoms with Crippen LogP contribution in [-0.4, -0.2) is 36.7 Å². The summed E-state index contributed by atoms with van der Waals surface area (Å²) in [5, 5.41) is 26.9. The van der Waals surface area contributed by atoms with Crippen LogP contribution in [0.25, 0.3) is 0 Å². The second kappa shape index (κ2) is 6.18. The van der Waals surface area contributed by atoms with Gasteiger partial charge < -0.3 is 15.2 Å². The van der Waals surface area contributed by atoms with E-state index in [2.05, 4.69) is 4.72 Å². The van der Waals surface area contributed by atoms with Crippen LogP contribution in [0.3, 0.4) is 0 Å². The fraction of sp³-hybridized carbons (Fsp3) is 0. The van der Waals surface area contributed by atoms with Gasteiger partial charge in [-0.05, 0) is 41.9 Å². The number of anilines is 1. The summed E-state index contributed by atoms with van der Waals surface area (Å²) in [7, 11) is -5.61. The standard InChI is InChI=1S/C13H12BNO6S/c16-13(17)9-4-6-12(7-5-9)22(20,21)15-11-3-1-2-10(8-11)14(18)19/h1-8,15,18-19H,(H,16,17). The molecule has 0 radical (unpaired) electrons. The van der Waals surface area contributed by atoms with Crippen molar-refractivity contribution in [3.05, 3.63) is 54.1 Å². The zero-order chi connectivity index (χ0) is 16.3. The van der Waals surface area contributed by atoms with E-state index in [0.717, 1.165) is 0 Å². The summed E-state index contributed by atoms with van der Waals surface area (Å²) in [5.41, 5.74) is 0.277. The Hall–Kier alpha value is -2.36. The van der Waals surface area contributed by atoms with Gasteiger partial charge in [0.15, 0.2) is 0 Å². The number of nitrogens with one attached hydrogen (secondary N) is 1. The SMILES string of the molecule is O=C(O)c1ccc(S(=O)(=O)Nc2cccc(B(O)O)c2)cc1. The van der Waals surface area contributed by atoms with E-state index in [-0.39, 0.29) is 21.6 Å². The number of carboxylic acids is 1. The molecule has 2 aromatic carbocycles. The van der Waals surface area contributed by atoms with Gasteiger partial charge in [0, 0.05) is 5.69 Å². The molecule has 0 aliphatic heterocycles. The highest BCUT2D eigenvalue weighted by molar-refractivity contribution is 7.92. The average Bonchev–Trinajstić information content (AvgIpc) is 2.47. The van der Waals surface area contributed by atoms with Gasteiger partial charge in [0.2, 0.25) is 0 Å². The minimum Gasteiger partial charge on any atom is -0.478 e. The van der Waals surface area contributed by atoms with Crippen molar-refractivity contribution in [1.82, 2.24) is 0 Å². The minimum absolute atomic E-state index is 0.0237. The van der Waals surface area contributed by atoms with Crippen molar-refractivity contribution in [3.63, 3.8) is 0 Å². The molecule has 0 heterocycles. The third kappa shape index (κ3) is 3.64. The van der Waals surface area contributed by atoms with Gasteiger partial charge in [0.05, 0.1) is 10.5 Å². The maximum absolute atomic E-state index is 12.2. The predicted molar refractivity (Wildman–Crippen MR) is 80.5 cm³/mol. The van der Waals surface area contributed by atoms with Crippen LogP contribution in [0.15, 0.2) is 53.4 Å². The zero-order valence-electron chi connectivity index (χ0n) is 11.2. The first-order valence-electron chi connectivity index (χ1n) is 6.12. The molecular weight excluding hydrogens is 309 g/mol. The molecule has 0 saturated carbocycles. The van der Waals surface area contributed by atoms with Crippen molar-refractivity contribution in [2.45, 2.75) is 4.90 Å². The van der Waals surface area contributed by atoms with Crippen molar-refractivity contribution >= 4 is 34.3 Å². The molecule has 7 nitrogen and oxygen atoms in total. The fourth-order valence-electron chi connectivity index (χ4n) is 1.75. The van der Waals surface area contributed by atoms with E-state index in [1.165, 1.54) is 48.5 Å². The van der Waals surface area contributed by atoms with Crippen LogP contribution in [0.2, 0.25) is 0 Å². The van der Waals surface area contributed by atoms with E-state index < -0.39 is 23.1 Å². The van der Waals surface area contributed by atoms with Gasteiger partial charge in [-0.3, -0.25) is 4.72 Å². The zero-order valence-corrected chi connectivity index (χ0v) is 12.0. The second-order valence-corrected chi connectivity index (χ2v) is 6.12. The molecule has 0 fully saturated rings. The topological polar surface area (TPSA) is 124 Å². The minimum atomic E-state index is -3.90. The van der Waals surface area contributed by atoms with E-state index in [1.807, 2.05) is 0 Å². The summed E-state index contributed by atoms with van der Waals surface area (Å²) in [4.78, 5) is 10.6. The summed E-state index contributed by atoms with van der Waals surface area (Å²) >= 11 is 0. The van der Waals surface area contributed by atoms with Crippen molar-refractivity contribution in [2.75, 3.05) is 4.72 Å². The Bertz CT molecular complexity index is 788. The molecule has 0 amide bonds. The summed E-state index contributed by atoms with van der Waals surface area (Å²) in [6.45, 7) is 0. The molecule has 0 aliphatic carbocycles. The van der Waals surface area contributed by atoms with Gasteiger partial charge >= 0.3 is 13.1 Å². The second-order valence-electron chi connectivity index (χ2n) is 4.43. The first-order valence-corrected chi connectivity index (χ1v) is 7.60. The smallest absolute Gasteiger partial charge is 0.478 e. The van der Waals surface area contributed by atoms with Gasteiger partial charge in [0.25, 0.3) is 10.0 Å². The quantitative estimate of drug-likeness (QED) is 0.569.